The van der Waals surface area contributed by atoms with Crippen LogP contribution in [0.1, 0.15) is 18.1 Å². The Morgan fingerprint density at radius 2 is 1.85 bits per heavy atom. The van der Waals surface area contributed by atoms with E-state index in [9.17, 15) is 9.59 Å². The fourth-order valence-electron chi connectivity index (χ4n) is 3.46. The van der Waals surface area contributed by atoms with Gasteiger partial charge in [0.1, 0.15) is 5.75 Å². The molecule has 7 nitrogen and oxygen atoms in total. The molecule has 2 aliphatic rings. The first-order chi connectivity index (χ1) is 13.1. The Morgan fingerprint density at radius 3 is 2.56 bits per heavy atom. The number of aryl methyl sites for hydroxylation is 1. The van der Waals surface area contributed by atoms with Crippen LogP contribution in [-0.2, 0) is 16.1 Å². The van der Waals surface area contributed by atoms with Crippen LogP contribution in [0.3, 0.4) is 0 Å². The third kappa shape index (κ3) is 3.05. The number of fused-ring (bicyclic) bond motifs is 1. The molecule has 0 aliphatic carbocycles. The Morgan fingerprint density at radius 1 is 1.07 bits per heavy atom. The highest BCUT2D eigenvalue weighted by Crippen LogP contribution is 2.33. The van der Waals surface area contributed by atoms with E-state index in [4.69, 9.17) is 4.74 Å². The Bertz CT molecular complexity index is 910. The topological polar surface area (TPSA) is 74.6 Å². The number of rotatable bonds is 5. The lowest BCUT2D eigenvalue weighted by molar-refractivity contribution is -0.123. The second kappa shape index (κ2) is 6.83. The minimum absolute atomic E-state index is 0.299. The molecule has 27 heavy (non-hydrogen) atoms. The van der Waals surface area contributed by atoms with E-state index in [1.54, 1.807) is 29.3 Å². The molecule has 0 saturated carbocycles. The van der Waals surface area contributed by atoms with Crippen LogP contribution in [0.4, 0.5) is 5.69 Å². The summed E-state index contributed by atoms with van der Waals surface area (Å²) in [7, 11) is 0. The minimum atomic E-state index is -0.783. The zero-order valence-electron chi connectivity index (χ0n) is 15.2. The maximum Gasteiger partial charge on any atom is 0.263 e. The van der Waals surface area contributed by atoms with E-state index >= 15 is 0 Å². The molecular weight excluding hydrogens is 344 g/mol. The average molecular weight is 364 g/mol. The van der Waals surface area contributed by atoms with Gasteiger partial charge in [0, 0.05) is 0 Å². The molecule has 2 aliphatic heterocycles. The van der Waals surface area contributed by atoms with Crippen LogP contribution in [0.5, 0.6) is 5.75 Å². The van der Waals surface area contributed by atoms with Gasteiger partial charge >= 0.3 is 0 Å². The number of imide groups is 1. The predicted molar refractivity (Wildman–Crippen MR) is 99.3 cm³/mol. The molecule has 2 aromatic carbocycles. The van der Waals surface area contributed by atoms with Crippen molar-refractivity contribution in [3.05, 3.63) is 59.7 Å². The second-order valence-corrected chi connectivity index (χ2v) is 6.62. The number of carbonyl (C=O) groups excluding carboxylic acids is 2. The molecule has 2 amide bonds. The molecule has 2 heterocycles. The standard InChI is InChI=1S/C20H20N4O3/c1-3-27-16-9-7-15(8-10-16)24-19(25)17-18(20(24)26)23(22-21-17)12-14-6-4-5-13(2)11-14/h4-11,17-18H,3,12H2,1-2H3/t17-,18-/m0/s1. The first-order valence-corrected chi connectivity index (χ1v) is 8.92. The summed E-state index contributed by atoms with van der Waals surface area (Å²) in [5, 5.41) is 9.75. The lowest BCUT2D eigenvalue weighted by atomic mass is 10.1. The van der Waals surface area contributed by atoms with Crippen LogP contribution in [0.2, 0.25) is 0 Å². The maximum absolute atomic E-state index is 13.0. The van der Waals surface area contributed by atoms with Gasteiger partial charge in [-0.2, -0.15) is 5.11 Å². The molecular formula is C20H20N4O3. The summed E-state index contributed by atoms with van der Waals surface area (Å²) in [5.74, 6) is 0.0535. The van der Waals surface area contributed by atoms with E-state index < -0.39 is 12.1 Å². The number of benzene rings is 2. The quantitative estimate of drug-likeness (QED) is 0.765. The molecule has 0 aromatic heterocycles. The normalized spacial score (nSPS) is 21.1. The van der Waals surface area contributed by atoms with Gasteiger partial charge in [0.15, 0.2) is 12.1 Å². The van der Waals surface area contributed by atoms with Crippen LogP contribution in [0.15, 0.2) is 58.9 Å². The predicted octanol–water partition coefficient (Wildman–Crippen LogP) is 2.89. The van der Waals surface area contributed by atoms with E-state index in [0.29, 0.717) is 24.6 Å². The molecule has 7 heteroatoms. The fourth-order valence-corrected chi connectivity index (χ4v) is 3.46. The monoisotopic (exact) mass is 364 g/mol. The number of ether oxygens (including phenoxy) is 1. The average Bonchev–Trinajstić information content (AvgIpc) is 3.17. The van der Waals surface area contributed by atoms with Crippen molar-refractivity contribution in [3.8, 4) is 5.75 Å². The van der Waals surface area contributed by atoms with Crippen LogP contribution >= 0.6 is 0 Å². The van der Waals surface area contributed by atoms with Gasteiger partial charge in [-0.05, 0) is 43.7 Å². The van der Waals surface area contributed by atoms with Crippen molar-refractivity contribution < 1.29 is 14.3 Å². The smallest absolute Gasteiger partial charge is 0.263 e. The zero-order valence-corrected chi connectivity index (χ0v) is 15.2. The van der Waals surface area contributed by atoms with Crippen molar-refractivity contribution in [1.29, 1.82) is 0 Å². The van der Waals surface area contributed by atoms with Crippen LogP contribution in [-0.4, -0.2) is 35.5 Å². The molecule has 2 atom stereocenters. The maximum atomic E-state index is 13.0. The summed E-state index contributed by atoms with van der Waals surface area (Å²) in [6.45, 7) is 4.90. The third-order valence-corrected chi connectivity index (χ3v) is 4.69. The van der Waals surface area contributed by atoms with Gasteiger partial charge in [-0.25, -0.2) is 4.90 Å². The molecule has 0 radical (unpaired) electrons. The van der Waals surface area contributed by atoms with E-state index in [-0.39, 0.29) is 11.8 Å². The number of hydrogen-bond acceptors (Lipinski definition) is 6. The van der Waals surface area contributed by atoms with E-state index in [2.05, 4.69) is 10.3 Å². The molecule has 4 rings (SSSR count). The molecule has 138 valence electrons. The third-order valence-electron chi connectivity index (χ3n) is 4.69. The van der Waals surface area contributed by atoms with Gasteiger partial charge in [-0.1, -0.05) is 35.1 Å². The van der Waals surface area contributed by atoms with Crippen LogP contribution < -0.4 is 9.64 Å². The molecule has 2 aromatic rings. The summed E-state index contributed by atoms with van der Waals surface area (Å²) < 4.78 is 5.41. The molecule has 1 fully saturated rings. The van der Waals surface area contributed by atoms with Gasteiger partial charge in [-0.15, -0.1) is 0 Å². The van der Waals surface area contributed by atoms with Crippen LogP contribution in [0.25, 0.3) is 0 Å². The number of nitrogens with zero attached hydrogens (tertiary/aromatic N) is 4. The van der Waals surface area contributed by atoms with Crippen molar-refractivity contribution in [2.75, 3.05) is 11.5 Å². The second-order valence-electron chi connectivity index (χ2n) is 6.62. The zero-order chi connectivity index (χ0) is 19.0. The number of anilines is 1. The largest absolute Gasteiger partial charge is 0.494 e. The van der Waals surface area contributed by atoms with Gasteiger partial charge in [0.05, 0.1) is 18.8 Å². The summed E-state index contributed by atoms with van der Waals surface area (Å²) in [6, 6.07) is 13.4. The lowest BCUT2D eigenvalue weighted by Gasteiger charge is -2.21. The van der Waals surface area contributed by atoms with E-state index in [0.717, 1.165) is 11.1 Å². The molecule has 0 spiro atoms. The molecule has 0 bridgehead atoms. The van der Waals surface area contributed by atoms with Gasteiger partial charge < -0.3 is 4.74 Å². The van der Waals surface area contributed by atoms with Crippen molar-refractivity contribution in [2.45, 2.75) is 32.5 Å². The Kier molecular flexibility index (Phi) is 4.35. The summed E-state index contributed by atoms with van der Waals surface area (Å²) in [6.07, 6.45) is 0. The number of carbonyl (C=O) groups is 2. The Hall–Kier alpha value is -3.22. The van der Waals surface area contributed by atoms with Crippen molar-refractivity contribution in [3.63, 3.8) is 0 Å². The van der Waals surface area contributed by atoms with E-state index in [1.165, 1.54) is 4.90 Å². The minimum Gasteiger partial charge on any atom is -0.494 e. The van der Waals surface area contributed by atoms with Crippen molar-refractivity contribution >= 4 is 17.5 Å². The summed E-state index contributed by atoms with van der Waals surface area (Å²) in [5.41, 5.74) is 2.67. The Balaban J connectivity index is 1.56. The highest BCUT2D eigenvalue weighted by Gasteiger charge is 2.54. The fraction of sp³-hybridized carbons (Fsp3) is 0.300. The van der Waals surface area contributed by atoms with Gasteiger partial charge in [0.2, 0.25) is 0 Å². The van der Waals surface area contributed by atoms with Gasteiger partial charge in [-0.3, -0.25) is 14.6 Å². The summed E-state index contributed by atoms with van der Waals surface area (Å²) in [4.78, 5) is 26.9. The van der Waals surface area contributed by atoms with Gasteiger partial charge in [0.25, 0.3) is 11.8 Å². The molecule has 0 unspecified atom stereocenters. The number of hydrogen-bond donors (Lipinski definition) is 0. The highest BCUT2D eigenvalue weighted by molar-refractivity contribution is 6.25. The van der Waals surface area contributed by atoms with E-state index in [1.807, 2.05) is 38.1 Å². The van der Waals surface area contributed by atoms with Crippen molar-refractivity contribution in [1.82, 2.24) is 5.01 Å². The lowest BCUT2D eigenvalue weighted by Crippen LogP contribution is -2.39. The SMILES string of the molecule is CCOc1ccc(N2C(=O)[C@H]3N=NN(Cc4cccc(C)c4)[C@@H]3C2=O)cc1. The summed E-state index contributed by atoms with van der Waals surface area (Å²) >= 11 is 0. The molecule has 1 saturated heterocycles. The number of amides is 2. The molecule has 0 N–H and O–H groups in total. The first kappa shape index (κ1) is 17.2. The first-order valence-electron chi connectivity index (χ1n) is 8.92. The van der Waals surface area contributed by atoms with Crippen molar-refractivity contribution in [2.24, 2.45) is 10.3 Å². The highest BCUT2D eigenvalue weighted by atomic mass is 16.5. The van der Waals surface area contributed by atoms with Crippen LogP contribution in [0, 0.1) is 6.92 Å². The Labute approximate surface area is 157 Å².